The number of benzene rings is 11. The van der Waals surface area contributed by atoms with E-state index in [2.05, 4.69) is 240 Å². The zero-order valence-corrected chi connectivity index (χ0v) is 34.2. The molecule has 0 saturated carbocycles. The Morgan fingerprint density at radius 3 is 1.76 bits per heavy atom. The molecule has 294 valence electrons. The number of fused-ring (bicyclic) bond motifs is 11. The number of aromatic nitrogens is 1. The lowest BCUT2D eigenvalue weighted by atomic mass is 9.97. The summed E-state index contributed by atoms with van der Waals surface area (Å²) in [6, 6.07) is 83.6. The van der Waals surface area contributed by atoms with Gasteiger partial charge in [-0.15, -0.1) is 0 Å². The minimum atomic E-state index is 0.885. The lowest BCUT2D eigenvalue weighted by Gasteiger charge is -2.29. The minimum absolute atomic E-state index is 0.885. The van der Waals surface area contributed by atoms with Crippen LogP contribution in [-0.2, 0) is 0 Å². The van der Waals surface area contributed by atoms with Gasteiger partial charge in [0.05, 0.1) is 22.4 Å². The van der Waals surface area contributed by atoms with Gasteiger partial charge >= 0.3 is 0 Å². The quantitative estimate of drug-likeness (QED) is 0.156. The van der Waals surface area contributed by atoms with E-state index in [0.717, 1.165) is 61.2 Å². The molecule has 0 saturated heterocycles. The molecule has 0 amide bonds. The van der Waals surface area contributed by atoms with Crippen LogP contribution in [0, 0.1) is 0 Å². The van der Waals surface area contributed by atoms with Crippen molar-refractivity contribution in [3.63, 3.8) is 0 Å². The van der Waals surface area contributed by atoms with Gasteiger partial charge < -0.3 is 13.9 Å². The number of hydrogen-bond donors (Lipinski definition) is 0. The average molecular weight is 803 g/mol. The first-order valence-electron chi connectivity index (χ1n) is 21.6. The molecule has 0 fully saturated rings. The van der Waals surface area contributed by atoms with Gasteiger partial charge in [-0.2, -0.15) is 0 Å². The van der Waals surface area contributed by atoms with Crippen LogP contribution < -0.4 is 4.90 Å². The smallest absolute Gasteiger partial charge is 0.143 e. The van der Waals surface area contributed by atoms with Gasteiger partial charge in [-0.3, -0.25) is 0 Å². The lowest BCUT2D eigenvalue weighted by Crippen LogP contribution is -2.13. The largest absolute Gasteiger partial charge is 0.455 e. The Bertz CT molecular complexity index is 3870. The molecule has 2 aromatic heterocycles. The predicted molar refractivity (Wildman–Crippen MR) is 266 cm³/mol. The normalized spacial score (nSPS) is 11.8. The summed E-state index contributed by atoms with van der Waals surface area (Å²) < 4.78 is 9.07. The van der Waals surface area contributed by atoms with Crippen molar-refractivity contribution in [2.24, 2.45) is 0 Å². The third-order valence-electron chi connectivity index (χ3n) is 12.9. The zero-order chi connectivity index (χ0) is 41.4. The van der Waals surface area contributed by atoms with Crippen molar-refractivity contribution in [3.05, 3.63) is 231 Å². The van der Waals surface area contributed by atoms with Gasteiger partial charge in [-0.05, 0) is 116 Å². The van der Waals surface area contributed by atoms with E-state index in [1.807, 2.05) is 0 Å². The highest BCUT2D eigenvalue weighted by Crippen LogP contribution is 2.45. The topological polar surface area (TPSA) is 21.3 Å². The molecule has 13 aromatic rings. The van der Waals surface area contributed by atoms with Gasteiger partial charge in [-0.1, -0.05) is 164 Å². The number of anilines is 3. The summed E-state index contributed by atoms with van der Waals surface area (Å²) in [6.07, 6.45) is 0. The van der Waals surface area contributed by atoms with Crippen LogP contribution >= 0.6 is 0 Å². The summed E-state index contributed by atoms with van der Waals surface area (Å²) in [6.45, 7) is 0. The second-order valence-electron chi connectivity index (χ2n) is 16.5. The van der Waals surface area contributed by atoms with E-state index in [0.29, 0.717) is 0 Å². The third-order valence-corrected chi connectivity index (χ3v) is 12.9. The Morgan fingerprint density at radius 2 is 0.952 bits per heavy atom. The molecular weight excluding hydrogens is 765 g/mol. The first-order chi connectivity index (χ1) is 31.2. The molecule has 0 atom stereocenters. The monoisotopic (exact) mass is 802 g/mol. The van der Waals surface area contributed by atoms with E-state index in [1.54, 1.807) is 0 Å². The van der Waals surface area contributed by atoms with Crippen LogP contribution in [0.4, 0.5) is 17.1 Å². The van der Waals surface area contributed by atoms with E-state index < -0.39 is 0 Å². The number of para-hydroxylation sites is 4. The first-order valence-corrected chi connectivity index (χ1v) is 21.6. The van der Waals surface area contributed by atoms with Crippen LogP contribution in [0.25, 0.3) is 104 Å². The van der Waals surface area contributed by atoms with Crippen LogP contribution in [0.2, 0.25) is 0 Å². The molecule has 0 aliphatic heterocycles. The molecule has 0 spiro atoms. The van der Waals surface area contributed by atoms with Crippen molar-refractivity contribution in [2.45, 2.75) is 0 Å². The molecule has 0 aliphatic carbocycles. The Kier molecular flexibility index (Phi) is 7.91. The molecule has 3 nitrogen and oxygen atoms in total. The molecule has 0 radical (unpaired) electrons. The van der Waals surface area contributed by atoms with E-state index in [1.165, 1.54) is 59.9 Å². The fourth-order valence-electron chi connectivity index (χ4n) is 10.1. The Balaban J connectivity index is 1.000. The lowest BCUT2D eigenvalue weighted by molar-refractivity contribution is 0.673. The molecule has 11 aromatic carbocycles. The van der Waals surface area contributed by atoms with Crippen molar-refractivity contribution >= 4 is 93.1 Å². The average Bonchev–Trinajstić information content (AvgIpc) is 3.91. The maximum Gasteiger partial charge on any atom is 0.143 e. The van der Waals surface area contributed by atoms with Gasteiger partial charge in [-0.25, -0.2) is 0 Å². The molecular formula is C60H38N2O. The standard InChI is InChI=1S/C60H38N2O/c1-3-17-47-40(13-1)27-28-44-37-42(32-35-48(44)47)39-29-33-45(34-30-39)61(56-24-9-10-25-57(56)62-54-22-7-5-19-51(54)52-20-6-8-23-55(52)62)46-16-11-15-43(38-46)49-21-12-26-58-59(49)53-36-31-41-14-2-4-18-50(41)60(53)63-58/h1-38H. The molecule has 0 unspecified atom stereocenters. The fraction of sp³-hybridized carbons (Fsp3) is 0. The molecule has 2 heterocycles. The maximum absolute atomic E-state index is 6.65. The van der Waals surface area contributed by atoms with Crippen molar-refractivity contribution in [1.29, 1.82) is 0 Å². The summed E-state index contributed by atoms with van der Waals surface area (Å²) in [5.41, 5.74) is 13.1. The fourth-order valence-corrected chi connectivity index (χ4v) is 10.1. The van der Waals surface area contributed by atoms with E-state index in [9.17, 15) is 0 Å². The Hall–Kier alpha value is -8.40. The number of furan rings is 1. The Labute approximate surface area is 363 Å². The zero-order valence-electron chi connectivity index (χ0n) is 34.2. The van der Waals surface area contributed by atoms with Crippen molar-refractivity contribution < 1.29 is 4.42 Å². The van der Waals surface area contributed by atoms with Crippen molar-refractivity contribution in [2.75, 3.05) is 4.90 Å². The van der Waals surface area contributed by atoms with Gasteiger partial charge in [0.1, 0.15) is 11.2 Å². The first kappa shape index (κ1) is 35.4. The minimum Gasteiger partial charge on any atom is -0.455 e. The van der Waals surface area contributed by atoms with Gasteiger partial charge in [0.25, 0.3) is 0 Å². The summed E-state index contributed by atoms with van der Waals surface area (Å²) in [7, 11) is 0. The van der Waals surface area contributed by atoms with Crippen LogP contribution in [0.1, 0.15) is 0 Å². The predicted octanol–water partition coefficient (Wildman–Crippen LogP) is 16.9. The summed E-state index contributed by atoms with van der Waals surface area (Å²) in [5, 5.41) is 12.1. The van der Waals surface area contributed by atoms with Crippen LogP contribution in [0.3, 0.4) is 0 Å². The highest BCUT2D eigenvalue weighted by Gasteiger charge is 2.22. The molecule has 13 rings (SSSR count). The van der Waals surface area contributed by atoms with E-state index in [-0.39, 0.29) is 0 Å². The molecule has 0 N–H and O–H groups in total. The summed E-state index contributed by atoms with van der Waals surface area (Å²) in [5.74, 6) is 0. The number of rotatable bonds is 6. The van der Waals surface area contributed by atoms with Gasteiger partial charge in [0.2, 0.25) is 0 Å². The van der Waals surface area contributed by atoms with Crippen LogP contribution in [0.5, 0.6) is 0 Å². The van der Waals surface area contributed by atoms with Gasteiger partial charge in [0, 0.05) is 38.3 Å². The maximum atomic E-state index is 6.65. The Morgan fingerprint density at radius 1 is 0.349 bits per heavy atom. The molecule has 63 heavy (non-hydrogen) atoms. The molecule has 0 aliphatic rings. The molecule has 3 heteroatoms. The summed E-state index contributed by atoms with van der Waals surface area (Å²) in [4.78, 5) is 2.42. The SMILES string of the molecule is c1cc(-c2cccc3oc4c5ccccc5ccc4c23)cc(N(c2ccc(-c3ccc4c(ccc5ccccc54)c3)cc2)c2ccccc2-n2c3ccccc3c3ccccc32)c1. The van der Waals surface area contributed by atoms with Gasteiger partial charge in [0.15, 0.2) is 0 Å². The van der Waals surface area contributed by atoms with Crippen molar-refractivity contribution in [1.82, 2.24) is 4.57 Å². The third kappa shape index (κ3) is 5.60. The summed E-state index contributed by atoms with van der Waals surface area (Å²) >= 11 is 0. The second kappa shape index (κ2) is 14.1. The van der Waals surface area contributed by atoms with Crippen LogP contribution in [0.15, 0.2) is 235 Å². The highest BCUT2D eigenvalue weighted by atomic mass is 16.3. The van der Waals surface area contributed by atoms with E-state index in [4.69, 9.17) is 4.42 Å². The van der Waals surface area contributed by atoms with Crippen molar-refractivity contribution in [3.8, 4) is 27.9 Å². The van der Waals surface area contributed by atoms with E-state index >= 15 is 0 Å². The van der Waals surface area contributed by atoms with Crippen LogP contribution in [-0.4, -0.2) is 4.57 Å². The molecule has 0 bridgehead atoms. The second-order valence-corrected chi connectivity index (χ2v) is 16.5. The highest BCUT2D eigenvalue weighted by molar-refractivity contribution is 6.19. The number of nitrogens with zero attached hydrogens (tertiary/aromatic N) is 2. The number of hydrogen-bond acceptors (Lipinski definition) is 2.